The number of halogens is 3. The van der Waals surface area contributed by atoms with Gasteiger partial charge in [0, 0.05) is 12.6 Å². The number of benzene rings is 2. The number of thiophene rings is 1. The summed E-state index contributed by atoms with van der Waals surface area (Å²) in [5.41, 5.74) is 0.883. The maximum absolute atomic E-state index is 13.0. The third-order valence-corrected chi connectivity index (χ3v) is 5.79. The predicted molar refractivity (Wildman–Crippen MR) is 121 cm³/mol. The Labute approximate surface area is 190 Å². The number of nitrogens with zero attached hydrogens (tertiary/aromatic N) is 2. The van der Waals surface area contributed by atoms with Crippen LogP contribution in [0.5, 0.6) is 0 Å². The first-order valence-electron chi connectivity index (χ1n) is 9.94. The zero-order valence-electron chi connectivity index (χ0n) is 17.2. The van der Waals surface area contributed by atoms with Crippen molar-refractivity contribution in [2.45, 2.75) is 19.3 Å². The molecule has 9 heteroatoms. The Bertz CT molecular complexity index is 1340. The van der Waals surface area contributed by atoms with E-state index in [4.69, 9.17) is 0 Å². The van der Waals surface area contributed by atoms with Crippen molar-refractivity contribution in [3.63, 3.8) is 0 Å². The highest BCUT2D eigenvalue weighted by Gasteiger charge is 2.29. The Morgan fingerprint density at radius 3 is 2.45 bits per heavy atom. The fraction of sp³-hybridized carbons (Fsp3) is 0.125. The summed E-state index contributed by atoms with van der Waals surface area (Å²) in [4.78, 5) is 34.0. The van der Waals surface area contributed by atoms with Crippen LogP contribution in [0.4, 0.5) is 13.2 Å². The lowest BCUT2D eigenvalue weighted by Crippen LogP contribution is -2.30. The van der Waals surface area contributed by atoms with Crippen molar-refractivity contribution in [2.24, 2.45) is 0 Å². The quantitative estimate of drug-likeness (QED) is 0.393. The molecule has 0 saturated heterocycles. The molecule has 168 valence electrons. The number of H-pyrrole nitrogens is 1. The second-order valence-electron chi connectivity index (χ2n) is 7.28. The molecule has 0 bridgehead atoms. The predicted octanol–water partition coefficient (Wildman–Crippen LogP) is 5.25. The number of carbonyl (C=O) groups excluding carboxylic acids is 1. The van der Waals surface area contributed by atoms with E-state index in [-0.39, 0.29) is 24.6 Å². The summed E-state index contributed by atoms with van der Waals surface area (Å²) in [5, 5.41) is 1.77. The van der Waals surface area contributed by atoms with Gasteiger partial charge < -0.3 is 9.88 Å². The average Bonchev–Trinajstić information content (AvgIpc) is 3.27. The molecule has 0 radical (unpaired) electrons. The summed E-state index contributed by atoms with van der Waals surface area (Å²) in [7, 11) is 0. The van der Waals surface area contributed by atoms with E-state index in [2.05, 4.69) is 9.97 Å². The van der Waals surface area contributed by atoms with Crippen LogP contribution in [0.2, 0.25) is 0 Å². The molecule has 2 heterocycles. The monoisotopic (exact) mass is 469 g/mol. The number of aromatic nitrogens is 2. The van der Waals surface area contributed by atoms with Crippen LogP contribution in [-0.4, -0.2) is 20.8 Å². The van der Waals surface area contributed by atoms with Gasteiger partial charge in [-0.3, -0.25) is 9.59 Å². The lowest BCUT2D eigenvalue weighted by atomic mass is 10.1. The summed E-state index contributed by atoms with van der Waals surface area (Å²) >= 11 is 1.29. The van der Waals surface area contributed by atoms with Gasteiger partial charge >= 0.3 is 6.18 Å². The van der Waals surface area contributed by atoms with Crippen molar-refractivity contribution in [1.29, 1.82) is 0 Å². The highest BCUT2D eigenvalue weighted by Crippen LogP contribution is 2.29. The largest absolute Gasteiger partial charge is 0.416 e. The van der Waals surface area contributed by atoms with Gasteiger partial charge in [0.25, 0.3) is 5.56 Å². The van der Waals surface area contributed by atoms with Crippen LogP contribution in [0, 0.1) is 0 Å². The number of nitrogens with one attached hydrogen (secondary N) is 1. The van der Waals surface area contributed by atoms with Gasteiger partial charge in [0.15, 0.2) is 0 Å². The Morgan fingerprint density at radius 2 is 1.76 bits per heavy atom. The molecule has 0 spiro atoms. The fourth-order valence-corrected chi connectivity index (χ4v) is 3.97. The van der Waals surface area contributed by atoms with Crippen LogP contribution in [0.25, 0.3) is 16.3 Å². The third-order valence-electron chi connectivity index (χ3n) is 4.89. The summed E-state index contributed by atoms with van der Waals surface area (Å²) in [6, 6.07) is 15.6. The van der Waals surface area contributed by atoms with Gasteiger partial charge in [0.1, 0.15) is 10.5 Å². The third kappa shape index (κ3) is 5.56. The summed E-state index contributed by atoms with van der Waals surface area (Å²) in [5.74, 6) is -0.0232. The molecule has 0 aliphatic rings. The van der Waals surface area contributed by atoms with E-state index in [1.165, 1.54) is 40.5 Å². The van der Waals surface area contributed by atoms with Gasteiger partial charge in [-0.25, -0.2) is 4.98 Å². The van der Waals surface area contributed by atoms with Crippen molar-refractivity contribution in [3.05, 3.63) is 105 Å². The normalized spacial score (nSPS) is 11.8. The van der Waals surface area contributed by atoms with E-state index in [0.29, 0.717) is 21.6 Å². The van der Waals surface area contributed by atoms with Gasteiger partial charge in [-0.05, 0) is 40.8 Å². The molecule has 0 aliphatic heterocycles. The molecule has 1 N–H and O–H groups in total. The molecule has 0 fully saturated rings. The van der Waals surface area contributed by atoms with E-state index >= 15 is 0 Å². The fourth-order valence-electron chi connectivity index (χ4n) is 3.25. The smallest absolute Gasteiger partial charge is 0.327 e. The maximum Gasteiger partial charge on any atom is 0.416 e. The molecule has 4 aromatic rings. The molecule has 4 rings (SSSR count). The van der Waals surface area contributed by atoms with Gasteiger partial charge in [0.05, 0.1) is 17.6 Å². The van der Waals surface area contributed by atoms with Crippen molar-refractivity contribution < 1.29 is 18.0 Å². The van der Waals surface area contributed by atoms with Crippen molar-refractivity contribution >= 4 is 33.5 Å². The van der Waals surface area contributed by atoms with E-state index in [9.17, 15) is 22.8 Å². The number of amides is 1. The highest BCUT2D eigenvalue weighted by molar-refractivity contribution is 7.17. The minimum absolute atomic E-state index is 0.0616. The zero-order chi connectivity index (χ0) is 23.4. The number of hydrogen-bond donors (Lipinski definition) is 1. The van der Waals surface area contributed by atoms with E-state index in [1.54, 1.807) is 11.4 Å². The lowest BCUT2D eigenvalue weighted by molar-refractivity contribution is -0.137. The molecule has 1 amide bonds. The molecule has 0 atom stereocenters. The molecule has 2 aromatic heterocycles. The second kappa shape index (κ2) is 9.41. The number of rotatable bonds is 6. The van der Waals surface area contributed by atoms with Crippen LogP contribution in [-0.2, 0) is 24.1 Å². The molecule has 33 heavy (non-hydrogen) atoms. The molecular formula is C24H18F3N3O2S. The molecular weight excluding hydrogens is 451 g/mol. The standard InChI is InChI=1S/C24H18F3N3O2S/c25-24(26,27)18-9-6-16(7-10-18)8-11-21(31)30(14-17-4-2-1-3-5-17)15-20-28-19-12-13-33-22(19)23(32)29-20/h1-13H,14-15H2,(H,28,29,32)/b11-8+. The maximum atomic E-state index is 13.0. The summed E-state index contributed by atoms with van der Waals surface area (Å²) in [6.45, 7) is 0.328. The Kier molecular flexibility index (Phi) is 6.41. The molecule has 0 unspecified atom stereocenters. The van der Waals surface area contributed by atoms with E-state index < -0.39 is 11.7 Å². The first kappa shape index (κ1) is 22.5. The van der Waals surface area contributed by atoms with Gasteiger partial charge in [0.2, 0.25) is 5.91 Å². The van der Waals surface area contributed by atoms with Crippen molar-refractivity contribution in [1.82, 2.24) is 14.9 Å². The number of fused-ring (bicyclic) bond motifs is 1. The number of alkyl halides is 3. The van der Waals surface area contributed by atoms with Gasteiger partial charge in [-0.2, -0.15) is 13.2 Å². The minimum atomic E-state index is -4.42. The van der Waals surface area contributed by atoms with Crippen LogP contribution in [0.3, 0.4) is 0 Å². The van der Waals surface area contributed by atoms with Crippen LogP contribution < -0.4 is 5.56 Å². The van der Waals surface area contributed by atoms with Crippen molar-refractivity contribution in [2.75, 3.05) is 0 Å². The van der Waals surface area contributed by atoms with Gasteiger partial charge in [-0.1, -0.05) is 42.5 Å². The highest BCUT2D eigenvalue weighted by atomic mass is 32.1. The van der Waals surface area contributed by atoms with E-state index in [1.807, 2.05) is 30.3 Å². The number of carbonyl (C=O) groups is 1. The zero-order valence-corrected chi connectivity index (χ0v) is 18.0. The Balaban J connectivity index is 1.57. The van der Waals surface area contributed by atoms with Gasteiger partial charge in [-0.15, -0.1) is 11.3 Å². The SMILES string of the molecule is O=C(/C=C/c1ccc(C(F)(F)F)cc1)N(Cc1ccccc1)Cc1nc2ccsc2c(=O)[nH]1. The first-order valence-corrected chi connectivity index (χ1v) is 10.8. The number of hydrogen-bond acceptors (Lipinski definition) is 4. The summed E-state index contributed by atoms with van der Waals surface area (Å²) in [6.07, 6.45) is -1.66. The van der Waals surface area contributed by atoms with Crippen LogP contribution >= 0.6 is 11.3 Å². The molecule has 0 saturated carbocycles. The Morgan fingerprint density at radius 1 is 1.03 bits per heavy atom. The van der Waals surface area contributed by atoms with Crippen LogP contribution in [0.1, 0.15) is 22.5 Å². The van der Waals surface area contributed by atoms with Crippen LogP contribution in [0.15, 0.2) is 76.9 Å². The minimum Gasteiger partial charge on any atom is -0.327 e. The molecule has 2 aromatic carbocycles. The number of aromatic amines is 1. The Hall–Kier alpha value is -3.72. The first-order chi connectivity index (χ1) is 15.8. The summed E-state index contributed by atoms with van der Waals surface area (Å²) < 4.78 is 38.8. The molecule has 5 nitrogen and oxygen atoms in total. The topological polar surface area (TPSA) is 66.1 Å². The van der Waals surface area contributed by atoms with E-state index in [0.717, 1.165) is 17.7 Å². The average molecular weight is 469 g/mol. The van der Waals surface area contributed by atoms with Crippen molar-refractivity contribution in [3.8, 4) is 0 Å². The lowest BCUT2D eigenvalue weighted by Gasteiger charge is -2.21. The molecule has 0 aliphatic carbocycles. The second-order valence-corrected chi connectivity index (χ2v) is 8.20.